The van der Waals surface area contributed by atoms with Gasteiger partial charge >= 0.3 is 0 Å². The molecule has 0 heterocycles. The summed E-state index contributed by atoms with van der Waals surface area (Å²) in [6.45, 7) is 0.0675. The minimum Gasteiger partial charge on any atom is -0.267 e. The highest BCUT2D eigenvalue weighted by Crippen LogP contribution is 2.23. The third-order valence-electron chi connectivity index (χ3n) is 5.48. The molecule has 1 amide bonds. The van der Waals surface area contributed by atoms with E-state index in [0.717, 1.165) is 5.56 Å². The predicted octanol–water partition coefficient (Wildman–Crippen LogP) is 5.63. The van der Waals surface area contributed by atoms with Crippen LogP contribution in [-0.2, 0) is 23.1 Å². The van der Waals surface area contributed by atoms with Gasteiger partial charge < -0.3 is 0 Å². The number of benzene rings is 4. The molecule has 37 heavy (non-hydrogen) atoms. The standard InChI is InChI=1S/C28H23ClFN3O3S/c29-25-12-16-27(17-13-25)37(35,36)33(20-23-8-14-26(30)15-9-23)19-22-6-10-24(11-7-22)28(34)32-31-18-21-4-2-1-3-5-21/h1-18H,19-20H2,(H,32,34)/b31-18-. The van der Waals surface area contributed by atoms with Crippen LogP contribution < -0.4 is 5.43 Å². The lowest BCUT2D eigenvalue weighted by molar-refractivity contribution is 0.0955. The van der Waals surface area contributed by atoms with Crippen LogP contribution in [0.1, 0.15) is 27.0 Å². The molecule has 188 valence electrons. The van der Waals surface area contributed by atoms with Gasteiger partial charge in [-0.2, -0.15) is 9.41 Å². The van der Waals surface area contributed by atoms with Crippen molar-refractivity contribution in [2.45, 2.75) is 18.0 Å². The molecule has 0 unspecified atom stereocenters. The molecule has 4 rings (SSSR count). The molecule has 4 aromatic carbocycles. The summed E-state index contributed by atoms with van der Waals surface area (Å²) in [6.07, 6.45) is 1.54. The van der Waals surface area contributed by atoms with Gasteiger partial charge in [0.1, 0.15) is 5.82 Å². The molecule has 0 aromatic heterocycles. The molecule has 6 nitrogen and oxygen atoms in total. The second-order valence-corrected chi connectivity index (χ2v) is 10.5. The van der Waals surface area contributed by atoms with Crippen LogP contribution in [0.4, 0.5) is 4.39 Å². The normalized spacial score (nSPS) is 11.6. The Morgan fingerprint density at radius 3 is 2.00 bits per heavy atom. The Hall–Kier alpha value is -3.85. The fourth-order valence-electron chi connectivity index (χ4n) is 3.51. The van der Waals surface area contributed by atoms with Gasteiger partial charge in [0.15, 0.2) is 0 Å². The number of hydrogen-bond donors (Lipinski definition) is 1. The van der Waals surface area contributed by atoms with Crippen LogP contribution in [-0.4, -0.2) is 24.8 Å². The number of rotatable bonds is 9. The lowest BCUT2D eigenvalue weighted by atomic mass is 10.1. The van der Waals surface area contributed by atoms with Gasteiger partial charge in [0.05, 0.1) is 11.1 Å². The number of amides is 1. The first kappa shape index (κ1) is 26.2. The summed E-state index contributed by atoms with van der Waals surface area (Å²) in [4.78, 5) is 12.5. The van der Waals surface area contributed by atoms with Gasteiger partial charge in [0.2, 0.25) is 10.0 Å². The minimum absolute atomic E-state index is 0.0294. The lowest BCUT2D eigenvalue weighted by Crippen LogP contribution is -2.30. The van der Waals surface area contributed by atoms with Crippen molar-refractivity contribution in [3.63, 3.8) is 0 Å². The van der Waals surface area contributed by atoms with E-state index in [1.165, 1.54) is 40.7 Å². The molecule has 0 saturated heterocycles. The minimum atomic E-state index is -3.91. The van der Waals surface area contributed by atoms with E-state index in [1.54, 1.807) is 42.6 Å². The first-order valence-electron chi connectivity index (χ1n) is 11.3. The Kier molecular flexibility index (Phi) is 8.45. The smallest absolute Gasteiger partial charge is 0.267 e. The van der Waals surface area contributed by atoms with E-state index in [1.807, 2.05) is 30.3 Å². The van der Waals surface area contributed by atoms with E-state index in [9.17, 15) is 17.6 Å². The largest absolute Gasteiger partial charge is 0.271 e. The van der Waals surface area contributed by atoms with Crippen LogP contribution in [0.5, 0.6) is 0 Å². The quantitative estimate of drug-likeness (QED) is 0.223. The monoisotopic (exact) mass is 535 g/mol. The molecule has 0 radical (unpaired) electrons. The molecule has 0 aliphatic heterocycles. The second-order valence-electron chi connectivity index (χ2n) is 8.16. The van der Waals surface area contributed by atoms with Gasteiger partial charge in [-0.15, -0.1) is 0 Å². The van der Waals surface area contributed by atoms with Crippen molar-refractivity contribution in [2.24, 2.45) is 5.10 Å². The third-order valence-corrected chi connectivity index (χ3v) is 7.54. The Bertz CT molecular complexity index is 1480. The van der Waals surface area contributed by atoms with Crippen molar-refractivity contribution < 1.29 is 17.6 Å². The molecular formula is C28H23ClFN3O3S. The average Bonchev–Trinajstić information content (AvgIpc) is 2.91. The Morgan fingerprint density at radius 2 is 1.41 bits per heavy atom. The zero-order valence-electron chi connectivity index (χ0n) is 19.6. The van der Waals surface area contributed by atoms with E-state index >= 15 is 0 Å². The molecule has 0 aliphatic rings. The number of carbonyl (C=O) groups is 1. The van der Waals surface area contributed by atoms with Gasteiger partial charge in [-0.1, -0.05) is 66.2 Å². The maximum atomic E-state index is 13.5. The summed E-state index contributed by atoms with van der Waals surface area (Å²) in [5.41, 5.74) is 5.00. The van der Waals surface area contributed by atoms with Crippen LogP contribution in [0.3, 0.4) is 0 Å². The maximum absolute atomic E-state index is 13.5. The summed E-state index contributed by atoms with van der Waals surface area (Å²) in [7, 11) is -3.91. The van der Waals surface area contributed by atoms with E-state index in [2.05, 4.69) is 10.5 Å². The van der Waals surface area contributed by atoms with E-state index in [-0.39, 0.29) is 18.0 Å². The average molecular weight is 536 g/mol. The number of sulfonamides is 1. The van der Waals surface area contributed by atoms with Gasteiger partial charge in [-0.25, -0.2) is 18.2 Å². The van der Waals surface area contributed by atoms with Crippen molar-refractivity contribution in [1.82, 2.24) is 9.73 Å². The summed E-state index contributed by atoms with van der Waals surface area (Å²) in [6, 6.07) is 27.5. The second kappa shape index (κ2) is 11.9. The molecular weight excluding hydrogens is 513 g/mol. The van der Waals surface area contributed by atoms with Crippen LogP contribution >= 0.6 is 11.6 Å². The Labute approximate surface area is 220 Å². The number of nitrogens with one attached hydrogen (secondary N) is 1. The highest BCUT2D eigenvalue weighted by molar-refractivity contribution is 7.89. The van der Waals surface area contributed by atoms with Crippen molar-refractivity contribution in [1.29, 1.82) is 0 Å². The fraction of sp³-hybridized carbons (Fsp3) is 0.0714. The third kappa shape index (κ3) is 7.10. The number of hydrogen-bond acceptors (Lipinski definition) is 4. The first-order chi connectivity index (χ1) is 17.8. The van der Waals surface area contributed by atoms with Crippen molar-refractivity contribution in [3.05, 3.63) is 136 Å². The molecule has 1 N–H and O–H groups in total. The van der Waals surface area contributed by atoms with Gasteiger partial charge in [0.25, 0.3) is 5.91 Å². The van der Waals surface area contributed by atoms with Crippen LogP contribution in [0, 0.1) is 5.82 Å². The van der Waals surface area contributed by atoms with Gasteiger partial charge in [-0.3, -0.25) is 4.79 Å². The summed E-state index contributed by atoms with van der Waals surface area (Å²) >= 11 is 5.93. The molecule has 9 heteroatoms. The molecule has 0 bridgehead atoms. The van der Waals surface area contributed by atoms with Crippen LogP contribution in [0.15, 0.2) is 113 Å². The zero-order chi connectivity index (χ0) is 26.3. The lowest BCUT2D eigenvalue weighted by Gasteiger charge is -2.23. The highest BCUT2D eigenvalue weighted by atomic mass is 35.5. The SMILES string of the molecule is O=C(N/N=C\c1ccccc1)c1ccc(CN(Cc2ccc(F)cc2)S(=O)(=O)c2ccc(Cl)cc2)cc1. The Balaban J connectivity index is 1.51. The summed E-state index contributed by atoms with van der Waals surface area (Å²) in [5, 5.41) is 4.39. The van der Waals surface area contributed by atoms with E-state index < -0.39 is 21.7 Å². The molecule has 0 spiro atoms. The van der Waals surface area contributed by atoms with E-state index in [4.69, 9.17) is 11.6 Å². The molecule has 0 atom stereocenters. The molecule has 0 aliphatic carbocycles. The number of carbonyl (C=O) groups excluding carboxylic acids is 1. The predicted molar refractivity (Wildman–Crippen MR) is 142 cm³/mol. The molecule has 0 saturated carbocycles. The van der Waals surface area contributed by atoms with Gasteiger partial charge in [-0.05, 0) is 65.2 Å². The zero-order valence-corrected chi connectivity index (χ0v) is 21.2. The first-order valence-corrected chi connectivity index (χ1v) is 13.1. The number of hydrazone groups is 1. The molecule has 4 aromatic rings. The van der Waals surface area contributed by atoms with Crippen LogP contribution in [0.25, 0.3) is 0 Å². The van der Waals surface area contributed by atoms with Crippen LogP contribution in [0.2, 0.25) is 5.02 Å². The van der Waals surface area contributed by atoms with Crippen molar-refractivity contribution in [3.8, 4) is 0 Å². The van der Waals surface area contributed by atoms with Crippen molar-refractivity contribution in [2.75, 3.05) is 0 Å². The summed E-state index contributed by atoms with van der Waals surface area (Å²) < 4.78 is 41.6. The summed E-state index contributed by atoms with van der Waals surface area (Å²) in [5.74, 6) is -0.798. The van der Waals surface area contributed by atoms with Gasteiger partial charge in [0, 0.05) is 23.7 Å². The number of nitrogens with zero attached hydrogens (tertiary/aromatic N) is 2. The number of halogens is 2. The van der Waals surface area contributed by atoms with Crippen molar-refractivity contribution >= 4 is 33.7 Å². The Morgan fingerprint density at radius 1 is 0.838 bits per heavy atom. The maximum Gasteiger partial charge on any atom is 0.271 e. The highest BCUT2D eigenvalue weighted by Gasteiger charge is 2.25. The fourth-order valence-corrected chi connectivity index (χ4v) is 5.05. The van der Waals surface area contributed by atoms with E-state index in [0.29, 0.717) is 21.7 Å². The molecule has 0 fully saturated rings. The topological polar surface area (TPSA) is 78.8 Å².